The minimum absolute atomic E-state index is 0.0329. The van der Waals surface area contributed by atoms with Crippen LogP contribution in [-0.4, -0.2) is 56.8 Å². The SMILES string of the molecule is COC(=O)c1ccn(Cc2nc3cc(/C=C/c4nccc(-c5c(C)cccc5NC(=O)c5ccc(CNCCO)cn5)c4C#N)cc(Cl)c3o2)c1. The van der Waals surface area contributed by atoms with Gasteiger partial charge in [0.2, 0.25) is 5.89 Å². The molecule has 256 valence electrons. The number of hydrogen-bond donors (Lipinski definition) is 3. The van der Waals surface area contributed by atoms with Gasteiger partial charge in [-0.1, -0.05) is 35.9 Å². The average molecular weight is 702 g/mol. The predicted molar refractivity (Wildman–Crippen MR) is 193 cm³/mol. The minimum atomic E-state index is -0.434. The molecule has 51 heavy (non-hydrogen) atoms. The molecule has 0 aliphatic carbocycles. The molecular formula is C38H32ClN7O5. The van der Waals surface area contributed by atoms with Crippen LogP contribution in [0.3, 0.4) is 0 Å². The summed E-state index contributed by atoms with van der Waals surface area (Å²) in [5, 5.41) is 25.7. The number of amides is 1. The molecule has 3 N–H and O–H groups in total. The van der Waals surface area contributed by atoms with Crippen molar-refractivity contribution in [1.29, 1.82) is 5.26 Å². The molecule has 6 rings (SSSR count). The Morgan fingerprint density at radius 3 is 2.76 bits per heavy atom. The monoisotopic (exact) mass is 701 g/mol. The first-order valence-corrected chi connectivity index (χ1v) is 16.2. The van der Waals surface area contributed by atoms with Gasteiger partial charge in [0.1, 0.15) is 17.3 Å². The number of halogens is 1. The smallest absolute Gasteiger partial charge is 0.339 e. The third kappa shape index (κ3) is 7.87. The Hall–Kier alpha value is -6.13. The fourth-order valence-corrected chi connectivity index (χ4v) is 5.81. The van der Waals surface area contributed by atoms with Crippen LogP contribution in [0, 0.1) is 18.3 Å². The van der Waals surface area contributed by atoms with Gasteiger partial charge in [0.15, 0.2) is 5.58 Å². The Morgan fingerprint density at radius 2 is 2.00 bits per heavy atom. The summed E-state index contributed by atoms with van der Waals surface area (Å²) in [6.45, 7) is 3.20. The number of fused-ring (bicyclic) bond motifs is 1. The van der Waals surface area contributed by atoms with E-state index in [-0.39, 0.29) is 18.8 Å². The molecule has 4 heterocycles. The lowest BCUT2D eigenvalue weighted by atomic mass is 9.94. The molecule has 13 heteroatoms. The second kappa shape index (κ2) is 15.6. The molecule has 2 aromatic carbocycles. The number of aryl methyl sites for hydroxylation is 1. The third-order valence-corrected chi connectivity index (χ3v) is 8.27. The van der Waals surface area contributed by atoms with Gasteiger partial charge in [0.25, 0.3) is 5.91 Å². The molecule has 0 bridgehead atoms. The molecule has 0 radical (unpaired) electrons. The standard InChI is InChI=1S/C38H32ClN7O5/c1-23-4-3-5-31(45-37(48)32-9-7-25(20-43-32)19-41-13-15-47)35(23)27-10-12-42-30(28(27)18-40)8-6-24-16-29(39)36-33(17-24)44-34(51-36)22-46-14-11-26(21-46)38(49)50-2/h3-12,14,16-17,20-21,41,47H,13,15,19,22H2,1-2H3,(H,45,48)/b8-6+. The highest BCUT2D eigenvalue weighted by Crippen LogP contribution is 2.35. The number of nitriles is 1. The van der Waals surface area contributed by atoms with E-state index in [9.17, 15) is 14.9 Å². The summed E-state index contributed by atoms with van der Waals surface area (Å²) in [6, 6.07) is 18.2. The Labute approximate surface area is 298 Å². The highest BCUT2D eigenvalue weighted by molar-refractivity contribution is 6.34. The van der Waals surface area contributed by atoms with E-state index in [1.54, 1.807) is 77.9 Å². The van der Waals surface area contributed by atoms with Crippen LogP contribution in [0.15, 0.2) is 83.8 Å². The number of carbonyl (C=O) groups excluding carboxylic acids is 2. The Bertz CT molecular complexity index is 2300. The van der Waals surface area contributed by atoms with Crippen LogP contribution in [0.25, 0.3) is 34.4 Å². The molecule has 0 saturated carbocycles. The number of hydrogen-bond acceptors (Lipinski definition) is 10. The fraction of sp³-hybridized carbons (Fsp3) is 0.158. The number of carbonyl (C=O) groups is 2. The summed E-state index contributed by atoms with van der Waals surface area (Å²) < 4.78 is 12.4. The minimum Gasteiger partial charge on any atom is -0.465 e. The van der Waals surface area contributed by atoms with E-state index < -0.39 is 11.9 Å². The van der Waals surface area contributed by atoms with Crippen LogP contribution in [0.1, 0.15) is 54.7 Å². The zero-order valence-electron chi connectivity index (χ0n) is 27.7. The average Bonchev–Trinajstić information content (AvgIpc) is 3.78. The van der Waals surface area contributed by atoms with Crippen LogP contribution < -0.4 is 10.6 Å². The van der Waals surface area contributed by atoms with Crippen LogP contribution in [0.5, 0.6) is 0 Å². The first-order valence-electron chi connectivity index (χ1n) is 15.9. The maximum Gasteiger partial charge on any atom is 0.339 e. The van der Waals surface area contributed by atoms with Gasteiger partial charge >= 0.3 is 5.97 Å². The fourth-order valence-electron chi connectivity index (χ4n) is 5.55. The summed E-state index contributed by atoms with van der Waals surface area (Å²) in [5.74, 6) is -0.426. The van der Waals surface area contributed by atoms with Crippen molar-refractivity contribution in [3.05, 3.63) is 130 Å². The number of nitrogens with zero attached hydrogens (tertiary/aromatic N) is 5. The molecule has 0 atom stereocenters. The number of ether oxygens (including phenoxy) is 1. The van der Waals surface area contributed by atoms with Crippen molar-refractivity contribution in [3.8, 4) is 17.2 Å². The number of oxazole rings is 1. The van der Waals surface area contributed by atoms with Gasteiger partial charge in [-0.25, -0.2) is 9.78 Å². The maximum atomic E-state index is 13.3. The van der Waals surface area contributed by atoms with Crippen molar-refractivity contribution in [2.75, 3.05) is 25.6 Å². The molecular weight excluding hydrogens is 670 g/mol. The molecule has 0 unspecified atom stereocenters. The van der Waals surface area contributed by atoms with Gasteiger partial charge in [-0.15, -0.1) is 0 Å². The number of anilines is 1. The molecule has 12 nitrogen and oxygen atoms in total. The Kier molecular flexibility index (Phi) is 10.6. The van der Waals surface area contributed by atoms with E-state index in [1.165, 1.54) is 7.11 Å². The number of benzene rings is 2. The van der Waals surface area contributed by atoms with Gasteiger partial charge in [0.05, 0.1) is 42.1 Å². The summed E-state index contributed by atoms with van der Waals surface area (Å²) in [6.07, 6.45) is 10.1. The van der Waals surface area contributed by atoms with E-state index in [0.29, 0.717) is 74.3 Å². The Balaban J connectivity index is 1.24. The van der Waals surface area contributed by atoms with E-state index in [2.05, 4.69) is 31.7 Å². The van der Waals surface area contributed by atoms with Crippen molar-refractivity contribution in [2.24, 2.45) is 0 Å². The van der Waals surface area contributed by atoms with Gasteiger partial charge < -0.3 is 29.5 Å². The topological polar surface area (TPSA) is 168 Å². The number of methoxy groups -OCH3 is 1. The lowest BCUT2D eigenvalue weighted by Crippen LogP contribution is -2.18. The molecule has 0 aliphatic heterocycles. The number of rotatable bonds is 12. The predicted octanol–water partition coefficient (Wildman–Crippen LogP) is 6.26. The van der Waals surface area contributed by atoms with Crippen molar-refractivity contribution in [1.82, 2.24) is 24.8 Å². The number of aliphatic hydroxyl groups excluding tert-OH is 1. The number of nitrogens with one attached hydrogen (secondary N) is 2. The van der Waals surface area contributed by atoms with Crippen LogP contribution in [0.2, 0.25) is 5.02 Å². The highest BCUT2D eigenvalue weighted by atomic mass is 35.5. The van der Waals surface area contributed by atoms with Crippen LogP contribution in [0.4, 0.5) is 5.69 Å². The van der Waals surface area contributed by atoms with Gasteiger partial charge in [-0.2, -0.15) is 5.26 Å². The zero-order chi connectivity index (χ0) is 35.9. The molecule has 0 fully saturated rings. The second-order valence-electron chi connectivity index (χ2n) is 11.5. The zero-order valence-corrected chi connectivity index (χ0v) is 28.4. The molecule has 6 aromatic rings. The first-order chi connectivity index (χ1) is 24.8. The van der Waals surface area contributed by atoms with E-state index in [1.807, 2.05) is 25.1 Å². The summed E-state index contributed by atoms with van der Waals surface area (Å²) in [5.41, 5.74) is 6.63. The number of aromatic nitrogens is 4. The van der Waals surface area contributed by atoms with Gasteiger partial charge in [-0.05, 0) is 66.1 Å². The van der Waals surface area contributed by atoms with Crippen LogP contribution in [-0.2, 0) is 17.8 Å². The summed E-state index contributed by atoms with van der Waals surface area (Å²) >= 11 is 6.59. The number of aliphatic hydroxyl groups is 1. The van der Waals surface area contributed by atoms with E-state index >= 15 is 0 Å². The second-order valence-corrected chi connectivity index (χ2v) is 11.9. The van der Waals surface area contributed by atoms with Gasteiger partial charge in [-0.3, -0.25) is 14.8 Å². The van der Waals surface area contributed by atoms with Crippen molar-refractivity contribution in [2.45, 2.75) is 20.0 Å². The third-order valence-electron chi connectivity index (χ3n) is 7.99. The largest absolute Gasteiger partial charge is 0.465 e. The lowest BCUT2D eigenvalue weighted by molar-refractivity contribution is 0.0600. The van der Waals surface area contributed by atoms with E-state index in [0.717, 1.165) is 11.1 Å². The first kappa shape index (κ1) is 34.7. The normalized spacial score (nSPS) is 11.2. The number of pyridine rings is 2. The summed E-state index contributed by atoms with van der Waals surface area (Å²) in [4.78, 5) is 38.5. The maximum absolute atomic E-state index is 13.3. The van der Waals surface area contributed by atoms with Crippen LogP contribution >= 0.6 is 11.6 Å². The molecule has 0 aliphatic rings. The van der Waals surface area contributed by atoms with Gasteiger partial charge in [0, 0.05) is 54.7 Å². The lowest BCUT2D eigenvalue weighted by Gasteiger charge is -2.16. The highest BCUT2D eigenvalue weighted by Gasteiger charge is 2.18. The molecule has 0 spiro atoms. The van der Waals surface area contributed by atoms with E-state index in [4.69, 9.17) is 25.9 Å². The molecule has 0 saturated heterocycles. The molecule has 1 amide bonds. The Morgan fingerprint density at radius 1 is 1.14 bits per heavy atom. The van der Waals surface area contributed by atoms with Crippen molar-refractivity contribution in [3.63, 3.8) is 0 Å². The van der Waals surface area contributed by atoms with Crippen molar-refractivity contribution >= 4 is 52.4 Å². The van der Waals surface area contributed by atoms with Crippen molar-refractivity contribution < 1.29 is 23.8 Å². The molecule has 4 aromatic heterocycles. The quantitative estimate of drug-likeness (QED) is 0.0978. The number of esters is 1. The summed E-state index contributed by atoms with van der Waals surface area (Å²) in [7, 11) is 1.33.